The van der Waals surface area contributed by atoms with Crippen molar-refractivity contribution in [1.29, 1.82) is 0 Å². The molecular formula is C25H25N3O4S2. The van der Waals surface area contributed by atoms with E-state index in [4.69, 9.17) is 4.74 Å². The standard InChI is InChI=1S/C25H25N3O4S2/c1-17-11-13-19(14-12-17)34(30,31)27-21-9-5-4-8-20(21)24(29)26-25-28(15-16-32-3)23-18(2)7-6-10-22(23)33-25/h4-14,27H,15-16H2,1-3H3. The Morgan fingerprint density at radius 3 is 2.50 bits per heavy atom. The molecule has 0 aliphatic heterocycles. The first-order valence-corrected chi connectivity index (χ1v) is 13.0. The molecule has 4 rings (SSSR count). The molecule has 0 saturated carbocycles. The third-order valence-corrected chi connectivity index (χ3v) is 7.78. The van der Waals surface area contributed by atoms with Crippen LogP contribution in [0.2, 0.25) is 0 Å². The molecule has 176 valence electrons. The summed E-state index contributed by atoms with van der Waals surface area (Å²) >= 11 is 1.41. The SMILES string of the molecule is COCCn1c(=NC(=O)c2ccccc2NS(=O)(=O)c2ccc(C)cc2)sc2cccc(C)c21. The van der Waals surface area contributed by atoms with Crippen molar-refractivity contribution in [3.05, 3.63) is 88.2 Å². The summed E-state index contributed by atoms with van der Waals surface area (Å²) in [6.07, 6.45) is 0. The lowest BCUT2D eigenvalue weighted by Crippen LogP contribution is -2.20. The molecule has 0 unspecified atom stereocenters. The summed E-state index contributed by atoms with van der Waals surface area (Å²) < 4.78 is 36.6. The van der Waals surface area contributed by atoms with Crippen molar-refractivity contribution in [2.45, 2.75) is 25.3 Å². The summed E-state index contributed by atoms with van der Waals surface area (Å²) in [6, 6.07) is 19.0. The molecular weight excluding hydrogens is 470 g/mol. The number of carbonyl (C=O) groups is 1. The molecule has 3 aromatic carbocycles. The molecule has 0 aliphatic rings. The van der Waals surface area contributed by atoms with Crippen LogP contribution in [-0.4, -0.2) is 32.6 Å². The van der Waals surface area contributed by atoms with Gasteiger partial charge in [-0.3, -0.25) is 9.52 Å². The maximum atomic E-state index is 13.3. The fourth-order valence-electron chi connectivity index (χ4n) is 3.61. The van der Waals surface area contributed by atoms with E-state index < -0.39 is 15.9 Å². The van der Waals surface area contributed by atoms with Gasteiger partial charge in [0.2, 0.25) is 0 Å². The number of aromatic nitrogens is 1. The predicted molar refractivity (Wildman–Crippen MR) is 135 cm³/mol. The molecule has 0 spiro atoms. The Morgan fingerprint density at radius 2 is 1.76 bits per heavy atom. The zero-order valence-corrected chi connectivity index (χ0v) is 20.7. The van der Waals surface area contributed by atoms with Gasteiger partial charge in [0.15, 0.2) is 4.80 Å². The van der Waals surface area contributed by atoms with Gasteiger partial charge in [-0.05, 0) is 49.7 Å². The second-order valence-corrected chi connectivity index (χ2v) is 10.5. The van der Waals surface area contributed by atoms with Crippen LogP contribution in [0.3, 0.4) is 0 Å². The Hall–Kier alpha value is -3.27. The zero-order chi connectivity index (χ0) is 24.3. The Kier molecular flexibility index (Phi) is 6.97. The van der Waals surface area contributed by atoms with Crippen LogP contribution in [0, 0.1) is 13.8 Å². The van der Waals surface area contributed by atoms with Crippen molar-refractivity contribution in [3.63, 3.8) is 0 Å². The van der Waals surface area contributed by atoms with Gasteiger partial charge in [0.25, 0.3) is 15.9 Å². The number of nitrogens with zero attached hydrogens (tertiary/aromatic N) is 2. The van der Waals surface area contributed by atoms with Crippen molar-refractivity contribution in [2.75, 3.05) is 18.4 Å². The molecule has 1 N–H and O–H groups in total. The topological polar surface area (TPSA) is 89.8 Å². The summed E-state index contributed by atoms with van der Waals surface area (Å²) in [5, 5.41) is 0. The van der Waals surface area contributed by atoms with Crippen molar-refractivity contribution in [3.8, 4) is 0 Å². The van der Waals surface area contributed by atoms with Crippen molar-refractivity contribution in [2.24, 2.45) is 4.99 Å². The Balaban J connectivity index is 1.75. The molecule has 0 fully saturated rings. The number of fused-ring (bicyclic) bond motifs is 1. The number of anilines is 1. The third kappa shape index (κ3) is 4.96. The van der Waals surface area contributed by atoms with E-state index in [1.165, 1.54) is 23.5 Å². The second-order valence-electron chi connectivity index (χ2n) is 7.83. The van der Waals surface area contributed by atoms with Gasteiger partial charge in [0.1, 0.15) is 0 Å². The number of amides is 1. The first-order valence-electron chi connectivity index (χ1n) is 10.7. The summed E-state index contributed by atoms with van der Waals surface area (Å²) in [4.78, 5) is 18.3. The Bertz CT molecular complexity index is 1520. The first-order chi connectivity index (χ1) is 16.3. The molecule has 0 saturated heterocycles. The average molecular weight is 496 g/mol. The lowest BCUT2D eigenvalue weighted by molar-refractivity contribution is 0.0998. The van der Waals surface area contributed by atoms with Crippen LogP contribution >= 0.6 is 11.3 Å². The highest BCUT2D eigenvalue weighted by atomic mass is 32.2. The third-order valence-electron chi connectivity index (χ3n) is 5.35. The van der Waals surface area contributed by atoms with Gasteiger partial charge >= 0.3 is 0 Å². The molecule has 0 radical (unpaired) electrons. The number of sulfonamides is 1. The second kappa shape index (κ2) is 9.92. The molecule has 7 nitrogen and oxygen atoms in total. The molecule has 4 aromatic rings. The minimum absolute atomic E-state index is 0.120. The van der Waals surface area contributed by atoms with Gasteiger partial charge in [-0.15, -0.1) is 0 Å². The number of nitrogens with one attached hydrogen (secondary N) is 1. The molecule has 1 aromatic heterocycles. The highest BCUT2D eigenvalue weighted by Crippen LogP contribution is 2.23. The van der Waals surface area contributed by atoms with Crippen LogP contribution in [-0.2, 0) is 21.3 Å². The molecule has 1 amide bonds. The zero-order valence-electron chi connectivity index (χ0n) is 19.1. The quantitative estimate of drug-likeness (QED) is 0.409. The van der Waals surface area contributed by atoms with E-state index in [0.29, 0.717) is 18.0 Å². The van der Waals surface area contributed by atoms with E-state index in [0.717, 1.165) is 21.3 Å². The highest BCUT2D eigenvalue weighted by molar-refractivity contribution is 7.92. The number of hydrogen-bond acceptors (Lipinski definition) is 5. The van der Waals surface area contributed by atoms with Gasteiger partial charge in [-0.1, -0.05) is 53.3 Å². The molecule has 1 heterocycles. The van der Waals surface area contributed by atoms with Crippen LogP contribution in [0.25, 0.3) is 10.2 Å². The van der Waals surface area contributed by atoms with Gasteiger partial charge in [-0.25, -0.2) is 8.42 Å². The summed E-state index contributed by atoms with van der Waals surface area (Å²) in [7, 11) is -2.24. The maximum Gasteiger partial charge on any atom is 0.281 e. The highest BCUT2D eigenvalue weighted by Gasteiger charge is 2.19. The number of carbonyl (C=O) groups excluding carboxylic acids is 1. The summed E-state index contributed by atoms with van der Waals surface area (Å²) in [6.45, 7) is 4.90. The monoisotopic (exact) mass is 495 g/mol. The summed E-state index contributed by atoms with van der Waals surface area (Å²) in [5.41, 5.74) is 3.38. The number of benzene rings is 3. The van der Waals surface area contributed by atoms with E-state index >= 15 is 0 Å². The number of aryl methyl sites for hydroxylation is 2. The molecule has 0 aliphatic carbocycles. The number of rotatable bonds is 7. The smallest absolute Gasteiger partial charge is 0.281 e. The van der Waals surface area contributed by atoms with Gasteiger partial charge in [0, 0.05) is 13.7 Å². The molecule has 9 heteroatoms. The number of ether oxygens (including phenoxy) is 1. The van der Waals surface area contributed by atoms with Gasteiger partial charge < -0.3 is 9.30 Å². The van der Waals surface area contributed by atoms with E-state index in [-0.39, 0.29) is 16.1 Å². The van der Waals surface area contributed by atoms with Crippen molar-refractivity contribution >= 4 is 43.2 Å². The predicted octanol–water partition coefficient (Wildman–Crippen LogP) is 4.51. The fraction of sp³-hybridized carbons (Fsp3) is 0.200. The van der Waals surface area contributed by atoms with Gasteiger partial charge in [0.05, 0.1) is 33.0 Å². The van der Waals surface area contributed by atoms with E-state index in [1.54, 1.807) is 43.5 Å². The van der Waals surface area contributed by atoms with Crippen molar-refractivity contribution < 1.29 is 17.9 Å². The number of thiazole rings is 1. The normalized spacial score (nSPS) is 12.3. The molecule has 0 atom stereocenters. The maximum absolute atomic E-state index is 13.3. The molecule has 34 heavy (non-hydrogen) atoms. The van der Waals surface area contributed by atoms with Crippen LogP contribution in [0.15, 0.2) is 76.6 Å². The first kappa shape index (κ1) is 23.9. The number of hydrogen-bond donors (Lipinski definition) is 1. The summed E-state index contributed by atoms with van der Waals surface area (Å²) in [5.74, 6) is -0.530. The van der Waals surface area contributed by atoms with E-state index in [2.05, 4.69) is 9.71 Å². The van der Waals surface area contributed by atoms with E-state index in [9.17, 15) is 13.2 Å². The van der Waals surface area contributed by atoms with Crippen LogP contribution in [0.4, 0.5) is 5.69 Å². The van der Waals surface area contributed by atoms with Crippen LogP contribution < -0.4 is 9.52 Å². The fourth-order valence-corrected chi connectivity index (χ4v) is 5.82. The lowest BCUT2D eigenvalue weighted by Gasteiger charge is -2.11. The Labute approximate surface area is 202 Å². The average Bonchev–Trinajstić information content (AvgIpc) is 3.16. The minimum atomic E-state index is -3.87. The lowest BCUT2D eigenvalue weighted by atomic mass is 10.2. The van der Waals surface area contributed by atoms with Gasteiger partial charge in [-0.2, -0.15) is 4.99 Å². The Morgan fingerprint density at radius 1 is 1.03 bits per heavy atom. The molecule has 0 bridgehead atoms. The van der Waals surface area contributed by atoms with E-state index in [1.807, 2.05) is 36.6 Å². The largest absolute Gasteiger partial charge is 0.383 e. The van der Waals surface area contributed by atoms with Crippen LogP contribution in [0.5, 0.6) is 0 Å². The number of methoxy groups -OCH3 is 1. The number of para-hydroxylation sites is 2. The van der Waals surface area contributed by atoms with Crippen LogP contribution in [0.1, 0.15) is 21.5 Å². The van der Waals surface area contributed by atoms with Crippen molar-refractivity contribution in [1.82, 2.24) is 4.57 Å². The minimum Gasteiger partial charge on any atom is -0.383 e.